The predicted molar refractivity (Wildman–Crippen MR) is 96.2 cm³/mol. The number of ether oxygens (including phenoxy) is 2. The van der Waals surface area contributed by atoms with Crippen LogP contribution in [0.3, 0.4) is 0 Å². The molecule has 0 radical (unpaired) electrons. The van der Waals surface area contributed by atoms with Crippen molar-refractivity contribution in [1.82, 2.24) is 0 Å². The topological polar surface area (TPSA) is 129 Å². The third-order valence-electron chi connectivity index (χ3n) is 3.30. The molecule has 0 aliphatic rings. The average molecular weight is 517 g/mol. The first-order chi connectivity index (χ1) is 14.5. The minimum atomic E-state index is -6.37. The van der Waals surface area contributed by atoms with Gasteiger partial charge in [0.15, 0.2) is 5.75 Å². The van der Waals surface area contributed by atoms with Crippen LogP contribution in [-0.2, 0) is 29.2 Å². The van der Waals surface area contributed by atoms with Gasteiger partial charge < -0.3 is 17.8 Å². The Morgan fingerprint density at radius 1 is 0.938 bits per heavy atom. The quantitative estimate of drug-likeness (QED) is 0.118. The number of nitrogens with one attached hydrogen (secondary N) is 1. The molecule has 0 amide bonds. The molecule has 0 atom stereocenters. The maximum Gasteiger partial charge on any atom is 0.534 e. The summed E-state index contributed by atoms with van der Waals surface area (Å²) in [6, 6.07) is 2.00. The molecule has 0 saturated heterocycles. The van der Waals surface area contributed by atoms with Gasteiger partial charge in [0.25, 0.3) is 0 Å². The van der Waals surface area contributed by atoms with E-state index in [1.165, 1.54) is 0 Å². The summed E-state index contributed by atoms with van der Waals surface area (Å²) in [6.45, 7) is 2.21. The summed E-state index contributed by atoms with van der Waals surface area (Å²) in [5.41, 5.74) is -13.0. The SMILES string of the molecule is CCCCOCCOc1ccc(C(=N)OS(=O)(=O)C(F)(F)F)c(OS(=O)(=O)C(F)(F)F)c1. The van der Waals surface area contributed by atoms with E-state index >= 15 is 0 Å². The number of hydrogen-bond acceptors (Lipinski definition) is 9. The summed E-state index contributed by atoms with van der Waals surface area (Å²) in [5, 5.41) is 7.35. The van der Waals surface area contributed by atoms with Gasteiger partial charge in [0.05, 0.1) is 12.2 Å². The summed E-state index contributed by atoms with van der Waals surface area (Å²) in [6.07, 6.45) is 1.61. The number of benzene rings is 1. The zero-order chi connectivity index (χ0) is 24.8. The van der Waals surface area contributed by atoms with Crippen molar-refractivity contribution in [2.45, 2.75) is 30.8 Å². The molecule has 0 bridgehead atoms. The van der Waals surface area contributed by atoms with Crippen molar-refractivity contribution in [1.29, 1.82) is 5.41 Å². The van der Waals surface area contributed by atoms with E-state index in [2.05, 4.69) is 8.37 Å². The number of rotatable bonds is 11. The van der Waals surface area contributed by atoms with Gasteiger partial charge in [0.1, 0.15) is 12.4 Å². The molecule has 0 fully saturated rings. The number of unbranched alkanes of at least 4 members (excludes halogenated alkanes) is 1. The Morgan fingerprint density at radius 3 is 2.06 bits per heavy atom. The highest BCUT2D eigenvalue weighted by molar-refractivity contribution is 7.88. The maximum atomic E-state index is 12.6. The van der Waals surface area contributed by atoms with Gasteiger partial charge >= 0.3 is 31.3 Å². The Labute approximate surface area is 179 Å². The second-order valence-corrected chi connectivity index (χ2v) is 8.84. The van der Waals surface area contributed by atoms with Crippen LogP contribution in [0.15, 0.2) is 18.2 Å². The Balaban J connectivity index is 3.19. The fourth-order valence-electron chi connectivity index (χ4n) is 1.78. The molecule has 17 heteroatoms. The minimum Gasteiger partial charge on any atom is -0.491 e. The van der Waals surface area contributed by atoms with Crippen LogP contribution in [0.4, 0.5) is 26.3 Å². The molecule has 0 aromatic heterocycles. The highest BCUT2D eigenvalue weighted by atomic mass is 32.2. The van der Waals surface area contributed by atoms with Crippen LogP contribution in [0, 0.1) is 5.41 Å². The van der Waals surface area contributed by atoms with Crippen LogP contribution in [0.25, 0.3) is 0 Å². The van der Waals surface area contributed by atoms with Crippen molar-refractivity contribution < 1.29 is 61.0 Å². The normalized spacial score (nSPS) is 13.0. The predicted octanol–water partition coefficient (Wildman–Crippen LogP) is 3.30. The van der Waals surface area contributed by atoms with E-state index in [4.69, 9.17) is 14.9 Å². The first-order valence-electron chi connectivity index (χ1n) is 8.47. The Kier molecular flexibility index (Phi) is 9.17. The fraction of sp³-hybridized carbons (Fsp3) is 0.533. The number of hydrogen-bond donors (Lipinski definition) is 1. The van der Waals surface area contributed by atoms with Gasteiger partial charge in [-0.25, -0.2) is 0 Å². The summed E-state index contributed by atoms with van der Waals surface area (Å²) in [7, 11) is -12.7. The Morgan fingerprint density at radius 2 is 1.53 bits per heavy atom. The molecule has 0 saturated carbocycles. The smallest absolute Gasteiger partial charge is 0.491 e. The van der Waals surface area contributed by atoms with Crippen molar-refractivity contribution in [3.05, 3.63) is 23.8 Å². The zero-order valence-electron chi connectivity index (χ0n) is 16.1. The van der Waals surface area contributed by atoms with Crippen LogP contribution >= 0.6 is 0 Å². The lowest BCUT2D eigenvalue weighted by Gasteiger charge is -2.16. The molecule has 1 rings (SSSR count). The van der Waals surface area contributed by atoms with Crippen LogP contribution in [-0.4, -0.2) is 53.6 Å². The first kappa shape index (κ1) is 27.8. The van der Waals surface area contributed by atoms with Crippen LogP contribution in [0.1, 0.15) is 25.3 Å². The molecule has 0 heterocycles. The number of alkyl halides is 6. The van der Waals surface area contributed by atoms with Crippen molar-refractivity contribution in [2.75, 3.05) is 19.8 Å². The third kappa shape index (κ3) is 7.70. The van der Waals surface area contributed by atoms with Gasteiger partial charge in [-0.05, 0) is 18.6 Å². The molecule has 1 N–H and O–H groups in total. The molecule has 32 heavy (non-hydrogen) atoms. The van der Waals surface area contributed by atoms with E-state index in [-0.39, 0.29) is 19.0 Å². The van der Waals surface area contributed by atoms with Crippen LogP contribution in [0.5, 0.6) is 11.5 Å². The highest BCUT2D eigenvalue weighted by Gasteiger charge is 2.50. The van der Waals surface area contributed by atoms with Crippen molar-refractivity contribution >= 4 is 26.1 Å². The summed E-state index contributed by atoms with van der Waals surface area (Å²) in [5.74, 6) is -3.51. The second-order valence-electron chi connectivity index (χ2n) is 5.77. The Hall–Kier alpha value is -2.27. The molecule has 1 aromatic rings. The minimum absolute atomic E-state index is 0.0432. The van der Waals surface area contributed by atoms with Crippen LogP contribution < -0.4 is 8.92 Å². The fourth-order valence-corrected chi connectivity index (χ4v) is 2.66. The second kappa shape index (κ2) is 10.6. The highest BCUT2D eigenvalue weighted by Crippen LogP contribution is 2.33. The molecule has 0 spiro atoms. The molecule has 9 nitrogen and oxygen atoms in total. The average Bonchev–Trinajstić information content (AvgIpc) is 2.62. The third-order valence-corrected chi connectivity index (χ3v) is 5.21. The largest absolute Gasteiger partial charge is 0.534 e. The lowest BCUT2D eigenvalue weighted by atomic mass is 10.2. The monoisotopic (exact) mass is 517 g/mol. The van der Waals surface area contributed by atoms with E-state index in [1.54, 1.807) is 0 Å². The van der Waals surface area contributed by atoms with Gasteiger partial charge in [-0.1, -0.05) is 13.3 Å². The lowest BCUT2D eigenvalue weighted by molar-refractivity contribution is -0.0506. The molecular formula is C15H17F6NO8S2. The molecule has 184 valence electrons. The van der Waals surface area contributed by atoms with Gasteiger partial charge in [-0.3, -0.25) is 5.41 Å². The van der Waals surface area contributed by atoms with E-state index in [0.29, 0.717) is 18.7 Å². The first-order valence-corrected chi connectivity index (χ1v) is 11.3. The molecule has 0 aliphatic carbocycles. The van der Waals surface area contributed by atoms with E-state index in [9.17, 15) is 43.2 Å². The van der Waals surface area contributed by atoms with E-state index < -0.39 is 48.5 Å². The van der Waals surface area contributed by atoms with Gasteiger partial charge in [-0.2, -0.15) is 43.2 Å². The number of halogens is 6. The standard InChI is InChI=1S/C15H17F6NO8S2/c1-2-3-6-27-7-8-28-10-4-5-11(13(22)30-32(25,26)15(19,20)21)12(9-10)29-31(23,24)14(16,17)18/h4-5,9,22H,2-3,6-8H2,1H3. The molecule has 0 unspecified atom stereocenters. The maximum absolute atomic E-state index is 12.6. The van der Waals surface area contributed by atoms with Crippen molar-refractivity contribution in [2.24, 2.45) is 0 Å². The molecular weight excluding hydrogens is 500 g/mol. The zero-order valence-corrected chi connectivity index (χ0v) is 17.8. The van der Waals surface area contributed by atoms with Crippen molar-refractivity contribution in [3.63, 3.8) is 0 Å². The van der Waals surface area contributed by atoms with Gasteiger partial charge in [0, 0.05) is 12.7 Å². The molecule has 1 aromatic carbocycles. The van der Waals surface area contributed by atoms with E-state index in [0.717, 1.165) is 18.9 Å². The summed E-state index contributed by atoms with van der Waals surface area (Å²) < 4.78 is 138. The van der Waals surface area contributed by atoms with Gasteiger partial charge in [0.2, 0.25) is 5.90 Å². The van der Waals surface area contributed by atoms with Gasteiger partial charge in [-0.15, -0.1) is 0 Å². The van der Waals surface area contributed by atoms with Crippen LogP contribution in [0.2, 0.25) is 0 Å². The Bertz CT molecular complexity index is 1010. The summed E-state index contributed by atoms with van der Waals surface area (Å²) >= 11 is 0. The lowest BCUT2D eigenvalue weighted by Crippen LogP contribution is -2.30. The summed E-state index contributed by atoms with van der Waals surface area (Å²) in [4.78, 5) is 0. The molecule has 0 aliphatic heterocycles. The van der Waals surface area contributed by atoms with Crippen molar-refractivity contribution in [3.8, 4) is 11.5 Å². The van der Waals surface area contributed by atoms with E-state index in [1.807, 2.05) is 6.92 Å².